The van der Waals surface area contributed by atoms with Gasteiger partial charge in [-0.2, -0.15) is 0 Å². The van der Waals surface area contributed by atoms with E-state index in [2.05, 4.69) is 19.1 Å². The van der Waals surface area contributed by atoms with E-state index in [1.165, 1.54) is 5.56 Å². The van der Waals surface area contributed by atoms with Gasteiger partial charge in [0.15, 0.2) is 0 Å². The van der Waals surface area contributed by atoms with Gasteiger partial charge < -0.3 is 0 Å². The third-order valence-corrected chi connectivity index (χ3v) is 4.62. The van der Waals surface area contributed by atoms with Crippen molar-refractivity contribution in [1.82, 2.24) is 9.55 Å². The lowest BCUT2D eigenvalue weighted by Gasteiger charge is -2.13. The molecule has 0 fully saturated rings. The number of fused-ring (bicyclic) bond motifs is 1. The van der Waals surface area contributed by atoms with Crippen molar-refractivity contribution in [3.8, 4) is 5.69 Å². The highest BCUT2D eigenvalue weighted by molar-refractivity contribution is 5.80. The molecule has 1 aromatic heterocycles. The zero-order chi connectivity index (χ0) is 18.8. The van der Waals surface area contributed by atoms with E-state index in [1.807, 2.05) is 79.7 Å². The van der Waals surface area contributed by atoms with Crippen LogP contribution in [-0.2, 0) is 0 Å². The Balaban J connectivity index is 1.97. The molecule has 0 saturated carbocycles. The first-order valence-corrected chi connectivity index (χ1v) is 8.96. The van der Waals surface area contributed by atoms with Crippen LogP contribution in [0.2, 0.25) is 0 Å². The summed E-state index contributed by atoms with van der Waals surface area (Å²) >= 11 is 0. The summed E-state index contributed by atoms with van der Waals surface area (Å²) in [4.78, 5) is 18.0. The number of rotatable bonds is 3. The molecule has 0 N–H and O–H groups in total. The lowest BCUT2D eigenvalue weighted by atomic mass is 10.1. The number of aryl methyl sites for hydroxylation is 2. The lowest BCUT2D eigenvalue weighted by Crippen LogP contribution is -2.23. The van der Waals surface area contributed by atoms with Crippen molar-refractivity contribution in [3.63, 3.8) is 0 Å². The molecule has 27 heavy (non-hydrogen) atoms. The molecule has 3 aromatic carbocycles. The van der Waals surface area contributed by atoms with E-state index in [-0.39, 0.29) is 5.56 Å². The number of benzene rings is 3. The molecule has 0 amide bonds. The fourth-order valence-corrected chi connectivity index (χ4v) is 3.25. The van der Waals surface area contributed by atoms with Gasteiger partial charge in [0.05, 0.1) is 16.6 Å². The molecule has 0 bridgehead atoms. The molecular weight excluding hydrogens is 332 g/mol. The van der Waals surface area contributed by atoms with Crippen molar-refractivity contribution < 1.29 is 0 Å². The van der Waals surface area contributed by atoms with Crippen LogP contribution in [0, 0.1) is 13.8 Å². The van der Waals surface area contributed by atoms with Gasteiger partial charge in [0.25, 0.3) is 5.56 Å². The molecule has 3 heteroatoms. The van der Waals surface area contributed by atoms with Gasteiger partial charge in [-0.25, -0.2) is 4.98 Å². The second-order valence-electron chi connectivity index (χ2n) is 6.66. The van der Waals surface area contributed by atoms with Gasteiger partial charge >= 0.3 is 0 Å². The van der Waals surface area contributed by atoms with Crippen molar-refractivity contribution in [1.29, 1.82) is 0 Å². The zero-order valence-electron chi connectivity index (χ0n) is 15.4. The first kappa shape index (κ1) is 17.0. The predicted molar refractivity (Wildman–Crippen MR) is 112 cm³/mol. The van der Waals surface area contributed by atoms with Crippen molar-refractivity contribution in [3.05, 3.63) is 106 Å². The van der Waals surface area contributed by atoms with E-state index in [0.29, 0.717) is 16.7 Å². The summed E-state index contributed by atoms with van der Waals surface area (Å²) in [6, 6.07) is 23.6. The van der Waals surface area contributed by atoms with Gasteiger partial charge in [-0.05, 0) is 49.2 Å². The number of hydrogen-bond acceptors (Lipinski definition) is 2. The third-order valence-electron chi connectivity index (χ3n) is 4.62. The second kappa shape index (κ2) is 7.04. The maximum absolute atomic E-state index is 13.3. The highest BCUT2D eigenvalue weighted by atomic mass is 16.1. The van der Waals surface area contributed by atoms with Gasteiger partial charge in [0.2, 0.25) is 0 Å². The van der Waals surface area contributed by atoms with E-state index in [1.54, 1.807) is 4.57 Å². The number of hydrogen-bond donors (Lipinski definition) is 0. The van der Waals surface area contributed by atoms with Crippen LogP contribution in [0.25, 0.3) is 28.7 Å². The van der Waals surface area contributed by atoms with Gasteiger partial charge in [-0.3, -0.25) is 9.36 Å². The Kier molecular flexibility index (Phi) is 4.43. The van der Waals surface area contributed by atoms with Crippen LogP contribution >= 0.6 is 0 Å². The van der Waals surface area contributed by atoms with E-state index < -0.39 is 0 Å². The Morgan fingerprint density at radius 2 is 1.63 bits per heavy atom. The standard InChI is InChI=1S/C24H20N2O/c1-17-8-7-10-19(16-17)14-15-23-25-21-12-5-4-11-20(21)24(27)26(23)22-13-6-3-9-18(22)2/h3-16H,1-2H3. The summed E-state index contributed by atoms with van der Waals surface area (Å²) < 4.78 is 1.70. The van der Waals surface area contributed by atoms with Crippen molar-refractivity contribution in [2.75, 3.05) is 0 Å². The number of nitrogens with zero attached hydrogens (tertiary/aromatic N) is 2. The molecule has 0 aliphatic heterocycles. The third kappa shape index (κ3) is 3.32. The largest absolute Gasteiger partial charge is 0.268 e. The fourth-order valence-electron chi connectivity index (χ4n) is 3.25. The smallest absolute Gasteiger partial charge is 0.266 e. The maximum atomic E-state index is 13.3. The topological polar surface area (TPSA) is 34.9 Å². The molecule has 0 aliphatic carbocycles. The molecule has 4 rings (SSSR count). The van der Waals surface area contributed by atoms with Crippen LogP contribution in [0.4, 0.5) is 0 Å². The fraction of sp³-hybridized carbons (Fsp3) is 0.0833. The number of para-hydroxylation sites is 2. The van der Waals surface area contributed by atoms with Crippen LogP contribution in [-0.4, -0.2) is 9.55 Å². The molecule has 0 atom stereocenters. The summed E-state index contributed by atoms with van der Waals surface area (Å²) in [6.07, 6.45) is 3.91. The Hall–Kier alpha value is -3.46. The summed E-state index contributed by atoms with van der Waals surface area (Å²) in [7, 11) is 0. The second-order valence-corrected chi connectivity index (χ2v) is 6.66. The van der Waals surface area contributed by atoms with E-state index >= 15 is 0 Å². The molecule has 0 aliphatic rings. The lowest BCUT2D eigenvalue weighted by molar-refractivity contribution is 0.934. The molecule has 132 valence electrons. The zero-order valence-corrected chi connectivity index (χ0v) is 15.4. The molecule has 0 unspecified atom stereocenters. The van der Waals surface area contributed by atoms with Crippen LogP contribution in [0.3, 0.4) is 0 Å². The molecule has 0 spiro atoms. The minimum atomic E-state index is -0.0567. The Bertz CT molecular complexity index is 1220. The first-order valence-electron chi connectivity index (χ1n) is 8.96. The molecule has 1 heterocycles. The molecule has 0 radical (unpaired) electrons. The van der Waals surface area contributed by atoms with Gasteiger partial charge in [-0.1, -0.05) is 66.2 Å². The summed E-state index contributed by atoms with van der Waals surface area (Å²) in [5.41, 5.74) is 4.80. The van der Waals surface area contributed by atoms with E-state index in [9.17, 15) is 4.79 Å². The monoisotopic (exact) mass is 352 g/mol. The van der Waals surface area contributed by atoms with Crippen molar-refractivity contribution in [2.45, 2.75) is 13.8 Å². The quantitative estimate of drug-likeness (QED) is 0.510. The van der Waals surface area contributed by atoms with Gasteiger partial charge in [0, 0.05) is 0 Å². The van der Waals surface area contributed by atoms with Crippen molar-refractivity contribution >= 4 is 23.1 Å². The summed E-state index contributed by atoms with van der Waals surface area (Å²) in [6.45, 7) is 4.07. The summed E-state index contributed by atoms with van der Waals surface area (Å²) in [5, 5.41) is 0.619. The average molecular weight is 352 g/mol. The van der Waals surface area contributed by atoms with E-state index in [0.717, 1.165) is 16.8 Å². The van der Waals surface area contributed by atoms with Gasteiger partial charge in [-0.15, -0.1) is 0 Å². The average Bonchev–Trinajstić information content (AvgIpc) is 2.68. The van der Waals surface area contributed by atoms with Gasteiger partial charge in [0.1, 0.15) is 5.82 Å². The maximum Gasteiger partial charge on any atom is 0.266 e. The highest BCUT2D eigenvalue weighted by Gasteiger charge is 2.12. The van der Waals surface area contributed by atoms with E-state index in [4.69, 9.17) is 4.98 Å². The predicted octanol–water partition coefficient (Wildman–Crippen LogP) is 5.17. The summed E-state index contributed by atoms with van der Waals surface area (Å²) in [5.74, 6) is 0.620. The SMILES string of the molecule is Cc1cccc(C=Cc2nc3ccccc3c(=O)n2-c2ccccc2C)c1. The van der Waals surface area contributed by atoms with Crippen LogP contribution in [0.5, 0.6) is 0 Å². The Morgan fingerprint density at radius 3 is 2.44 bits per heavy atom. The normalized spacial score (nSPS) is 11.3. The molecule has 0 saturated heterocycles. The molecular formula is C24H20N2O. The number of aromatic nitrogens is 2. The van der Waals surface area contributed by atoms with Crippen LogP contribution in [0.1, 0.15) is 22.5 Å². The molecule has 3 nitrogen and oxygen atoms in total. The van der Waals surface area contributed by atoms with Crippen LogP contribution < -0.4 is 5.56 Å². The highest BCUT2D eigenvalue weighted by Crippen LogP contribution is 2.18. The minimum absolute atomic E-state index is 0.0567. The van der Waals surface area contributed by atoms with Crippen molar-refractivity contribution in [2.24, 2.45) is 0 Å². The molecule has 4 aromatic rings. The minimum Gasteiger partial charge on any atom is -0.268 e. The Labute approximate surface area is 158 Å². The Morgan fingerprint density at radius 1 is 0.852 bits per heavy atom. The first-order chi connectivity index (χ1) is 13.1. The van der Waals surface area contributed by atoms with Crippen LogP contribution in [0.15, 0.2) is 77.6 Å².